The van der Waals surface area contributed by atoms with Crippen LogP contribution in [0.2, 0.25) is 0 Å². The van der Waals surface area contributed by atoms with Crippen LogP contribution in [-0.2, 0) is 15.8 Å². The monoisotopic (exact) mass is 149 g/mol. The third kappa shape index (κ3) is 1.74. The number of hydrogen-bond donors (Lipinski definition) is 0. The Morgan fingerprint density at radius 3 is 2.44 bits per heavy atom. The average molecular weight is 149 g/mol. The Morgan fingerprint density at radius 2 is 2.33 bits per heavy atom. The normalized spacial score (nSPS) is 26.9. The summed E-state index contributed by atoms with van der Waals surface area (Å²) in [4.78, 5) is 0. The van der Waals surface area contributed by atoms with Crippen molar-refractivity contribution in [3.8, 4) is 0 Å². The summed E-state index contributed by atoms with van der Waals surface area (Å²) in [5.41, 5.74) is -0.0907. The molecule has 0 N–H and O–H groups in total. The van der Waals surface area contributed by atoms with E-state index in [2.05, 4.69) is 0 Å². The van der Waals surface area contributed by atoms with Gasteiger partial charge in [-0.25, -0.2) is 0 Å². The maximum absolute atomic E-state index is 10.2. The summed E-state index contributed by atoms with van der Waals surface area (Å²) < 4.78 is 25.2. The Balaban J connectivity index is 2.33. The molecular weight excluding hydrogens is 140 g/mol. The maximum Gasteiger partial charge on any atom is 0.0550 e. The van der Waals surface area contributed by atoms with Gasteiger partial charge in [0, 0.05) is 11.2 Å². The van der Waals surface area contributed by atoms with Crippen molar-refractivity contribution in [2.24, 2.45) is 5.41 Å². The number of ether oxygens (including phenoxy) is 1. The Bertz CT molecular complexity index is 130. The Morgan fingerprint density at radius 1 is 1.78 bits per heavy atom. The van der Waals surface area contributed by atoms with E-state index in [-0.39, 0.29) is 11.2 Å². The predicted octanol–water partition coefficient (Wildman–Crippen LogP) is -0.0980. The molecule has 1 aliphatic heterocycles. The van der Waals surface area contributed by atoms with E-state index in [1.54, 1.807) is 0 Å². The third-order valence-corrected chi connectivity index (χ3v) is 2.30. The van der Waals surface area contributed by atoms with Crippen LogP contribution >= 0.6 is 0 Å². The summed E-state index contributed by atoms with van der Waals surface area (Å²) in [7, 11) is 0. The molecule has 4 heteroatoms. The molecule has 1 heterocycles. The third-order valence-electron chi connectivity index (χ3n) is 1.37. The maximum atomic E-state index is 10.2. The lowest BCUT2D eigenvalue weighted by atomic mass is 9.92. The van der Waals surface area contributed by atoms with Crippen LogP contribution in [0.25, 0.3) is 0 Å². The van der Waals surface area contributed by atoms with Crippen LogP contribution in [0.5, 0.6) is 0 Å². The predicted molar refractivity (Wildman–Crippen MR) is 32.7 cm³/mol. The van der Waals surface area contributed by atoms with E-state index in [9.17, 15) is 8.76 Å². The van der Waals surface area contributed by atoms with E-state index < -0.39 is 11.1 Å². The molecule has 1 saturated heterocycles. The first kappa shape index (κ1) is 7.18. The quantitative estimate of drug-likeness (QED) is 0.515. The van der Waals surface area contributed by atoms with Gasteiger partial charge in [-0.15, -0.1) is 0 Å². The van der Waals surface area contributed by atoms with Crippen LogP contribution in [-0.4, -0.2) is 27.7 Å². The van der Waals surface area contributed by atoms with E-state index in [0.29, 0.717) is 13.2 Å². The summed E-state index contributed by atoms with van der Waals surface area (Å²) in [5.74, 6) is 0.229. The summed E-state index contributed by atoms with van der Waals surface area (Å²) in [6, 6.07) is 0. The summed E-state index contributed by atoms with van der Waals surface area (Å²) in [5, 5.41) is 0. The second-order valence-electron chi connectivity index (χ2n) is 2.75. The first-order chi connectivity index (χ1) is 4.12. The van der Waals surface area contributed by atoms with Gasteiger partial charge >= 0.3 is 0 Å². The lowest BCUT2D eigenvalue weighted by Crippen LogP contribution is -2.43. The molecule has 0 aliphatic carbocycles. The zero-order valence-corrected chi connectivity index (χ0v) is 6.07. The second kappa shape index (κ2) is 2.36. The van der Waals surface area contributed by atoms with E-state index in [1.165, 1.54) is 0 Å². The minimum atomic E-state index is -1.91. The first-order valence-corrected chi connectivity index (χ1v) is 4.00. The van der Waals surface area contributed by atoms with Crippen LogP contribution in [0, 0.1) is 5.41 Å². The van der Waals surface area contributed by atoms with Crippen LogP contribution in [0.4, 0.5) is 0 Å². The molecule has 0 aromatic heterocycles. The molecule has 54 valence electrons. The molecule has 1 fully saturated rings. The van der Waals surface area contributed by atoms with Gasteiger partial charge in [-0.1, -0.05) is 18.0 Å². The Labute approximate surface area is 56.7 Å². The van der Waals surface area contributed by atoms with Crippen molar-refractivity contribution in [1.82, 2.24) is 0 Å². The Kier molecular flexibility index (Phi) is 1.88. The van der Waals surface area contributed by atoms with Crippen molar-refractivity contribution >= 4 is 11.1 Å². The largest absolute Gasteiger partial charge is 0.772 e. The highest BCUT2D eigenvalue weighted by Gasteiger charge is 2.33. The highest BCUT2D eigenvalue weighted by Crippen LogP contribution is 2.26. The molecule has 0 amide bonds. The standard InChI is InChI=1S/C5H10O3S/c1-5(2-8-3-5)4-9(6)7/h2-4H2,1H3,(H,6,7)/p-1. The molecule has 3 nitrogen and oxygen atoms in total. The molecule has 0 aromatic carbocycles. The van der Waals surface area contributed by atoms with Crippen LogP contribution in [0.1, 0.15) is 6.92 Å². The van der Waals surface area contributed by atoms with Gasteiger partial charge in [0.2, 0.25) is 0 Å². The molecule has 1 atom stereocenters. The molecule has 9 heavy (non-hydrogen) atoms. The summed E-state index contributed by atoms with van der Waals surface area (Å²) in [6.45, 7) is 3.08. The van der Waals surface area contributed by atoms with Gasteiger partial charge in [0.1, 0.15) is 0 Å². The fourth-order valence-corrected chi connectivity index (χ4v) is 1.55. The molecule has 0 saturated carbocycles. The van der Waals surface area contributed by atoms with Gasteiger partial charge in [0.05, 0.1) is 13.2 Å². The van der Waals surface area contributed by atoms with Crippen LogP contribution in [0.15, 0.2) is 0 Å². The fourth-order valence-electron chi connectivity index (χ4n) is 0.818. The first-order valence-electron chi connectivity index (χ1n) is 2.76. The molecule has 0 aromatic rings. The van der Waals surface area contributed by atoms with Crippen LogP contribution in [0.3, 0.4) is 0 Å². The minimum absolute atomic E-state index is 0.0907. The van der Waals surface area contributed by atoms with Crippen LogP contribution < -0.4 is 0 Å². The molecular formula is C5H9O3S-. The summed E-state index contributed by atoms with van der Waals surface area (Å²) >= 11 is -1.91. The Hall–Kier alpha value is 0.0700. The van der Waals surface area contributed by atoms with Crippen molar-refractivity contribution in [1.29, 1.82) is 0 Å². The zero-order valence-electron chi connectivity index (χ0n) is 5.25. The molecule has 0 radical (unpaired) electrons. The van der Waals surface area contributed by atoms with Gasteiger partial charge < -0.3 is 9.29 Å². The minimum Gasteiger partial charge on any atom is -0.772 e. The molecule has 1 rings (SSSR count). The van der Waals surface area contributed by atoms with Gasteiger partial charge in [-0.3, -0.25) is 4.21 Å². The molecule has 0 spiro atoms. The van der Waals surface area contributed by atoms with Crippen molar-refractivity contribution < 1.29 is 13.5 Å². The highest BCUT2D eigenvalue weighted by molar-refractivity contribution is 7.79. The zero-order chi connectivity index (χ0) is 6.91. The highest BCUT2D eigenvalue weighted by atomic mass is 32.2. The summed E-state index contributed by atoms with van der Waals surface area (Å²) in [6.07, 6.45) is 0. The molecule has 0 bridgehead atoms. The van der Waals surface area contributed by atoms with E-state index >= 15 is 0 Å². The number of rotatable bonds is 2. The van der Waals surface area contributed by atoms with Gasteiger partial charge in [-0.2, -0.15) is 0 Å². The van der Waals surface area contributed by atoms with Crippen molar-refractivity contribution in [2.75, 3.05) is 19.0 Å². The van der Waals surface area contributed by atoms with Crippen molar-refractivity contribution in [3.63, 3.8) is 0 Å². The van der Waals surface area contributed by atoms with Crippen molar-refractivity contribution in [2.45, 2.75) is 6.92 Å². The fraction of sp³-hybridized carbons (Fsp3) is 1.00. The van der Waals surface area contributed by atoms with Gasteiger partial charge in [0.15, 0.2) is 0 Å². The smallest absolute Gasteiger partial charge is 0.0550 e. The average Bonchev–Trinajstić information content (AvgIpc) is 1.60. The lowest BCUT2D eigenvalue weighted by Gasteiger charge is -2.38. The van der Waals surface area contributed by atoms with E-state index in [1.807, 2.05) is 6.92 Å². The second-order valence-corrected chi connectivity index (χ2v) is 3.65. The van der Waals surface area contributed by atoms with Crippen molar-refractivity contribution in [3.05, 3.63) is 0 Å². The lowest BCUT2D eigenvalue weighted by molar-refractivity contribution is -0.0871. The van der Waals surface area contributed by atoms with E-state index in [4.69, 9.17) is 4.74 Å². The van der Waals surface area contributed by atoms with Gasteiger partial charge in [-0.05, 0) is 0 Å². The van der Waals surface area contributed by atoms with E-state index in [0.717, 1.165) is 0 Å². The molecule has 1 aliphatic rings. The SMILES string of the molecule is CC1(CS(=O)[O-])COC1. The number of hydrogen-bond acceptors (Lipinski definition) is 3. The topological polar surface area (TPSA) is 49.4 Å². The van der Waals surface area contributed by atoms with Gasteiger partial charge in [0.25, 0.3) is 0 Å². The molecule has 1 unspecified atom stereocenters.